The van der Waals surface area contributed by atoms with E-state index in [1.54, 1.807) is 12.1 Å². The molecule has 0 N–H and O–H groups in total. The number of benzene rings is 1. The average molecular weight is 322 g/mol. The fourth-order valence-electron chi connectivity index (χ4n) is 3.29. The SMILES string of the molecule is CC1(c2ccccc2)c2cccnc2S(=O)(=O)c2ncccc21. The van der Waals surface area contributed by atoms with Crippen molar-refractivity contribution in [2.75, 3.05) is 0 Å². The molecule has 0 fully saturated rings. The summed E-state index contributed by atoms with van der Waals surface area (Å²) in [6.07, 6.45) is 3.02. The van der Waals surface area contributed by atoms with Crippen molar-refractivity contribution in [2.45, 2.75) is 22.4 Å². The molecule has 0 amide bonds. The van der Waals surface area contributed by atoms with Crippen molar-refractivity contribution in [2.24, 2.45) is 0 Å². The first kappa shape index (κ1) is 14.1. The van der Waals surface area contributed by atoms with Crippen molar-refractivity contribution < 1.29 is 8.42 Å². The van der Waals surface area contributed by atoms with Crippen LogP contribution in [-0.2, 0) is 15.3 Å². The van der Waals surface area contributed by atoms with Gasteiger partial charge in [0.05, 0.1) is 0 Å². The van der Waals surface area contributed by atoms with E-state index in [-0.39, 0.29) is 10.1 Å². The molecule has 114 valence electrons. The summed E-state index contributed by atoms with van der Waals surface area (Å²) in [5.74, 6) is 0. The van der Waals surface area contributed by atoms with Gasteiger partial charge in [0.2, 0.25) is 9.84 Å². The molecule has 0 atom stereocenters. The molecule has 0 saturated heterocycles. The van der Waals surface area contributed by atoms with Gasteiger partial charge >= 0.3 is 0 Å². The first-order valence-corrected chi connectivity index (χ1v) is 8.76. The molecule has 1 aromatic carbocycles. The Hall–Kier alpha value is -2.53. The zero-order valence-corrected chi connectivity index (χ0v) is 13.3. The van der Waals surface area contributed by atoms with Crippen LogP contribution in [0.4, 0.5) is 0 Å². The lowest BCUT2D eigenvalue weighted by molar-refractivity contribution is 0.554. The molecular formula is C18H14N2O2S. The lowest BCUT2D eigenvalue weighted by Crippen LogP contribution is -2.34. The molecule has 0 unspecified atom stereocenters. The highest BCUT2D eigenvalue weighted by molar-refractivity contribution is 7.91. The number of pyridine rings is 2. The Kier molecular flexibility index (Phi) is 2.90. The Balaban J connectivity index is 2.18. The van der Waals surface area contributed by atoms with Gasteiger partial charge in [-0.05, 0) is 24.6 Å². The van der Waals surface area contributed by atoms with Gasteiger partial charge in [-0.15, -0.1) is 0 Å². The Morgan fingerprint density at radius 3 is 1.83 bits per heavy atom. The van der Waals surface area contributed by atoms with Gasteiger partial charge in [-0.2, -0.15) is 0 Å². The van der Waals surface area contributed by atoms with E-state index < -0.39 is 15.3 Å². The number of hydrogen-bond acceptors (Lipinski definition) is 4. The average Bonchev–Trinajstić information content (AvgIpc) is 2.61. The summed E-state index contributed by atoms with van der Waals surface area (Å²) in [6, 6.07) is 17.1. The minimum Gasteiger partial charge on any atom is -0.244 e. The molecule has 1 aliphatic rings. The Morgan fingerprint density at radius 1 is 0.783 bits per heavy atom. The number of sulfone groups is 1. The predicted octanol–water partition coefficient (Wildman–Crippen LogP) is 2.98. The van der Waals surface area contributed by atoms with Gasteiger partial charge in [0, 0.05) is 28.9 Å². The molecule has 0 saturated carbocycles. The third kappa shape index (κ3) is 1.80. The topological polar surface area (TPSA) is 59.9 Å². The summed E-state index contributed by atoms with van der Waals surface area (Å²) < 4.78 is 25.8. The van der Waals surface area contributed by atoms with E-state index in [9.17, 15) is 8.42 Å². The molecule has 2 aromatic heterocycles. The van der Waals surface area contributed by atoms with E-state index in [0.717, 1.165) is 5.56 Å². The van der Waals surface area contributed by atoms with E-state index >= 15 is 0 Å². The lowest BCUT2D eigenvalue weighted by Gasteiger charge is -2.36. The second-order valence-corrected chi connectivity index (χ2v) is 7.49. The smallest absolute Gasteiger partial charge is 0.241 e. The van der Waals surface area contributed by atoms with Crippen molar-refractivity contribution in [1.29, 1.82) is 0 Å². The second-order valence-electron chi connectivity index (χ2n) is 5.71. The third-order valence-corrected chi connectivity index (χ3v) is 6.15. The number of nitrogens with zero attached hydrogens (tertiary/aromatic N) is 2. The van der Waals surface area contributed by atoms with Crippen LogP contribution in [-0.4, -0.2) is 18.4 Å². The van der Waals surface area contributed by atoms with Crippen molar-refractivity contribution in [3.05, 3.63) is 83.7 Å². The van der Waals surface area contributed by atoms with Crippen LogP contribution >= 0.6 is 0 Å². The largest absolute Gasteiger partial charge is 0.244 e. The molecule has 0 aliphatic carbocycles. The van der Waals surface area contributed by atoms with Crippen LogP contribution in [0.25, 0.3) is 0 Å². The molecule has 4 nitrogen and oxygen atoms in total. The van der Waals surface area contributed by atoms with Gasteiger partial charge in [-0.1, -0.05) is 42.5 Å². The summed E-state index contributed by atoms with van der Waals surface area (Å²) in [6.45, 7) is 2.03. The van der Waals surface area contributed by atoms with Crippen LogP contribution in [0.3, 0.4) is 0 Å². The lowest BCUT2D eigenvalue weighted by atomic mass is 9.72. The fraction of sp³-hybridized carbons (Fsp3) is 0.111. The molecule has 23 heavy (non-hydrogen) atoms. The first-order valence-electron chi connectivity index (χ1n) is 7.28. The van der Waals surface area contributed by atoms with Crippen LogP contribution in [0.5, 0.6) is 0 Å². The minimum atomic E-state index is -3.70. The minimum absolute atomic E-state index is 0.0950. The van der Waals surface area contributed by atoms with Gasteiger partial charge in [0.1, 0.15) is 0 Å². The van der Waals surface area contributed by atoms with Crippen molar-refractivity contribution in [1.82, 2.24) is 9.97 Å². The molecule has 3 heterocycles. The van der Waals surface area contributed by atoms with E-state index in [2.05, 4.69) is 9.97 Å². The van der Waals surface area contributed by atoms with Crippen LogP contribution < -0.4 is 0 Å². The maximum atomic E-state index is 12.9. The highest BCUT2D eigenvalue weighted by Gasteiger charge is 2.45. The summed E-state index contributed by atoms with van der Waals surface area (Å²) in [4.78, 5) is 8.33. The van der Waals surface area contributed by atoms with Gasteiger partial charge in [0.25, 0.3) is 0 Å². The first-order chi connectivity index (χ1) is 11.1. The summed E-state index contributed by atoms with van der Waals surface area (Å²) in [5, 5.41) is 0.190. The van der Waals surface area contributed by atoms with E-state index in [1.165, 1.54) is 12.4 Å². The molecule has 5 heteroatoms. The summed E-state index contributed by atoms with van der Waals surface area (Å²) in [7, 11) is -3.70. The van der Waals surface area contributed by atoms with Crippen molar-refractivity contribution >= 4 is 9.84 Å². The van der Waals surface area contributed by atoms with Crippen LogP contribution in [0.2, 0.25) is 0 Å². The van der Waals surface area contributed by atoms with Crippen LogP contribution in [0.15, 0.2) is 77.0 Å². The maximum absolute atomic E-state index is 12.9. The Labute approximate surface area is 134 Å². The van der Waals surface area contributed by atoms with Gasteiger partial charge < -0.3 is 0 Å². The molecule has 0 radical (unpaired) electrons. The summed E-state index contributed by atoms with van der Waals surface area (Å²) in [5.41, 5.74) is 1.77. The maximum Gasteiger partial charge on any atom is 0.241 e. The number of hydrogen-bond donors (Lipinski definition) is 0. The zero-order valence-electron chi connectivity index (χ0n) is 12.5. The van der Waals surface area contributed by atoms with Gasteiger partial charge in [-0.3, -0.25) is 0 Å². The predicted molar refractivity (Wildman–Crippen MR) is 85.9 cm³/mol. The molecule has 3 aromatic rings. The standard InChI is InChI=1S/C18H14N2O2S/c1-18(13-7-3-2-4-8-13)14-9-5-11-19-16(14)23(21,22)17-15(18)10-6-12-20-17/h2-12H,1H3. The van der Waals surface area contributed by atoms with E-state index in [4.69, 9.17) is 0 Å². The van der Waals surface area contributed by atoms with Crippen molar-refractivity contribution in [3.63, 3.8) is 0 Å². The number of fused-ring (bicyclic) bond motifs is 2. The van der Waals surface area contributed by atoms with Crippen LogP contribution in [0, 0.1) is 0 Å². The Bertz CT molecular complexity index is 945. The molecule has 0 spiro atoms. The highest BCUT2D eigenvalue weighted by atomic mass is 32.2. The normalized spacial score (nSPS) is 17.1. The Morgan fingerprint density at radius 2 is 1.30 bits per heavy atom. The molecule has 0 bridgehead atoms. The third-order valence-electron chi connectivity index (χ3n) is 4.48. The molecule has 4 rings (SSSR count). The zero-order chi connectivity index (χ0) is 16.1. The fourth-order valence-corrected chi connectivity index (χ4v) is 5.00. The molecule has 1 aliphatic heterocycles. The van der Waals surface area contributed by atoms with E-state index in [0.29, 0.717) is 11.1 Å². The summed E-state index contributed by atoms with van der Waals surface area (Å²) >= 11 is 0. The van der Waals surface area contributed by atoms with Crippen LogP contribution in [0.1, 0.15) is 23.6 Å². The number of rotatable bonds is 1. The van der Waals surface area contributed by atoms with Gasteiger partial charge in [0.15, 0.2) is 10.1 Å². The number of aromatic nitrogens is 2. The second kappa shape index (κ2) is 4.73. The van der Waals surface area contributed by atoms with Gasteiger partial charge in [-0.25, -0.2) is 18.4 Å². The molecular weight excluding hydrogens is 308 g/mol. The van der Waals surface area contributed by atoms with E-state index in [1.807, 2.05) is 49.4 Å². The van der Waals surface area contributed by atoms with Crippen molar-refractivity contribution in [3.8, 4) is 0 Å². The highest BCUT2D eigenvalue weighted by Crippen LogP contribution is 2.47. The quantitative estimate of drug-likeness (QED) is 0.691. The monoisotopic (exact) mass is 322 g/mol.